The number of rotatable bonds is 3. The lowest BCUT2D eigenvalue weighted by Gasteiger charge is -2.25. The molecule has 1 saturated heterocycles. The Balaban J connectivity index is 2.35. The van der Waals surface area contributed by atoms with Crippen molar-refractivity contribution in [3.63, 3.8) is 0 Å². The average molecular weight is 280 g/mol. The minimum atomic E-state index is -0.836. The van der Waals surface area contributed by atoms with Crippen LogP contribution in [-0.4, -0.2) is 55.5 Å². The van der Waals surface area contributed by atoms with Gasteiger partial charge >= 0.3 is 5.97 Å². The van der Waals surface area contributed by atoms with Crippen LogP contribution < -0.4 is 4.90 Å². The first-order valence-corrected chi connectivity index (χ1v) is 7.69. The molecule has 1 aliphatic heterocycles. The molecule has 1 aromatic carbocycles. The molecule has 1 aromatic rings. The number of anilines is 1. The van der Waals surface area contributed by atoms with Crippen molar-refractivity contribution in [1.82, 2.24) is 4.90 Å². The summed E-state index contributed by atoms with van der Waals surface area (Å²) in [7, 11) is 2.11. The third kappa shape index (κ3) is 3.22. The summed E-state index contributed by atoms with van der Waals surface area (Å²) >= 11 is 1.49. The molecule has 19 heavy (non-hydrogen) atoms. The Kier molecular flexibility index (Phi) is 4.71. The molecule has 4 nitrogen and oxygen atoms in total. The van der Waals surface area contributed by atoms with Gasteiger partial charge in [0.1, 0.15) is 0 Å². The summed E-state index contributed by atoms with van der Waals surface area (Å²) in [6.07, 6.45) is 2.99. The quantitative estimate of drug-likeness (QED) is 0.860. The predicted molar refractivity (Wildman–Crippen MR) is 79.5 cm³/mol. The third-order valence-corrected chi connectivity index (χ3v) is 4.28. The van der Waals surface area contributed by atoms with E-state index in [0.717, 1.165) is 43.2 Å². The van der Waals surface area contributed by atoms with Gasteiger partial charge in [-0.2, -0.15) is 0 Å². The Labute approximate surface area is 118 Å². The summed E-state index contributed by atoms with van der Waals surface area (Å²) in [5, 5.41) is 9.48. The molecular formula is C14H20N2O2S. The van der Waals surface area contributed by atoms with E-state index in [1.54, 1.807) is 0 Å². The molecule has 1 heterocycles. The van der Waals surface area contributed by atoms with Crippen LogP contribution in [0, 0.1) is 0 Å². The molecule has 0 aromatic heterocycles. The van der Waals surface area contributed by atoms with E-state index in [0.29, 0.717) is 5.56 Å². The molecular weight excluding hydrogens is 260 g/mol. The predicted octanol–water partition coefficient (Wildman–Crippen LogP) is 2.25. The van der Waals surface area contributed by atoms with Gasteiger partial charge in [-0.15, -0.1) is 11.8 Å². The van der Waals surface area contributed by atoms with Crippen LogP contribution in [0.4, 0.5) is 5.69 Å². The summed E-state index contributed by atoms with van der Waals surface area (Å²) in [5.74, 6) is -0.836. The Hall–Kier alpha value is -1.20. The highest BCUT2D eigenvalue weighted by Crippen LogP contribution is 2.30. The lowest BCUT2D eigenvalue weighted by Crippen LogP contribution is -2.30. The second kappa shape index (κ2) is 6.30. The molecule has 1 fully saturated rings. The fourth-order valence-corrected chi connectivity index (χ4v) is 3.07. The molecule has 1 aliphatic rings. The van der Waals surface area contributed by atoms with Gasteiger partial charge in [0.15, 0.2) is 0 Å². The summed E-state index contributed by atoms with van der Waals surface area (Å²) in [5.41, 5.74) is 1.30. The van der Waals surface area contributed by atoms with Crippen LogP contribution in [-0.2, 0) is 0 Å². The number of nitrogens with zero attached hydrogens (tertiary/aromatic N) is 2. The number of aromatic carboxylic acids is 1. The van der Waals surface area contributed by atoms with Crippen LogP contribution in [0.25, 0.3) is 0 Å². The molecule has 1 N–H and O–H groups in total. The summed E-state index contributed by atoms with van der Waals surface area (Å²) in [6, 6.07) is 5.75. The maximum absolute atomic E-state index is 11.5. The van der Waals surface area contributed by atoms with Crippen molar-refractivity contribution in [2.24, 2.45) is 0 Å². The van der Waals surface area contributed by atoms with Gasteiger partial charge in [-0.1, -0.05) is 6.07 Å². The van der Waals surface area contributed by atoms with Gasteiger partial charge < -0.3 is 14.9 Å². The van der Waals surface area contributed by atoms with E-state index in [1.807, 2.05) is 24.5 Å². The number of carboxylic acids is 1. The zero-order valence-electron chi connectivity index (χ0n) is 11.4. The lowest BCUT2D eigenvalue weighted by molar-refractivity contribution is 0.0694. The highest BCUT2D eigenvalue weighted by molar-refractivity contribution is 7.98. The molecule has 0 saturated carbocycles. The minimum Gasteiger partial charge on any atom is -0.478 e. The van der Waals surface area contributed by atoms with Crippen molar-refractivity contribution < 1.29 is 9.90 Å². The smallest absolute Gasteiger partial charge is 0.338 e. The Morgan fingerprint density at radius 3 is 2.74 bits per heavy atom. The van der Waals surface area contributed by atoms with Crippen molar-refractivity contribution in [2.75, 3.05) is 44.4 Å². The number of hydrogen-bond acceptors (Lipinski definition) is 4. The highest BCUT2D eigenvalue weighted by atomic mass is 32.2. The molecule has 0 bridgehead atoms. The van der Waals surface area contributed by atoms with Crippen molar-refractivity contribution >= 4 is 23.4 Å². The average Bonchev–Trinajstić information content (AvgIpc) is 2.62. The third-order valence-electron chi connectivity index (χ3n) is 3.50. The van der Waals surface area contributed by atoms with Crippen molar-refractivity contribution in [3.8, 4) is 0 Å². The largest absolute Gasteiger partial charge is 0.478 e. The lowest BCUT2D eigenvalue weighted by atomic mass is 10.1. The summed E-state index contributed by atoms with van der Waals surface area (Å²) < 4.78 is 0. The van der Waals surface area contributed by atoms with Crippen LogP contribution in [0.5, 0.6) is 0 Å². The first kappa shape index (κ1) is 14.2. The Morgan fingerprint density at radius 2 is 2.05 bits per heavy atom. The maximum Gasteiger partial charge on any atom is 0.338 e. The fraction of sp³-hybridized carbons (Fsp3) is 0.500. The van der Waals surface area contributed by atoms with Gasteiger partial charge in [0.25, 0.3) is 0 Å². The molecule has 0 radical (unpaired) electrons. The van der Waals surface area contributed by atoms with Gasteiger partial charge in [-0.25, -0.2) is 4.79 Å². The van der Waals surface area contributed by atoms with Crippen molar-refractivity contribution in [2.45, 2.75) is 11.3 Å². The number of carbonyl (C=O) groups is 1. The van der Waals surface area contributed by atoms with E-state index < -0.39 is 5.97 Å². The Bertz CT molecular complexity index is 465. The van der Waals surface area contributed by atoms with Gasteiger partial charge in [0, 0.05) is 24.5 Å². The normalized spacial score (nSPS) is 17.3. The number of hydrogen-bond donors (Lipinski definition) is 1. The summed E-state index contributed by atoms with van der Waals surface area (Å²) in [4.78, 5) is 16.9. The van der Waals surface area contributed by atoms with E-state index in [1.165, 1.54) is 11.8 Å². The van der Waals surface area contributed by atoms with Crippen molar-refractivity contribution in [3.05, 3.63) is 23.8 Å². The number of carboxylic acid groups (broad SMARTS) is 1. The van der Waals surface area contributed by atoms with Crippen LogP contribution in [0.15, 0.2) is 23.1 Å². The van der Waals surface area contributed by atoms with E-state index >= 15 is 0 Å². The molecule has 2 rings (SSSR count). The first-order valence-electron chi connectivity index (χ1n) is 6.47. The molecule has 104 valence electrons. The second-order valence-electron chi connectivity index (χ2n) is 4.80. The Morgan fingerprint density at radius 1 is 1.26 bits per heavy atom. The van der Waals surface area contributed by atoms with Crippen LogP contribution in [0.2, 0.25) is 0 Å². The minimum absolute atomic E-state index is 0.444. The van der Waals surface area contributed by atoms with Crippen LogP contribution in [0.3, 0.4) is 0 Å². The fourth-order valence-electron chi connectivity index (χ4n) is 2.46. The number of thioether (sulfide) groups is 1. The number of likely N-dealkylation sites (N-methyl/N-ethyl adjacent to an activating group) is 1. The topological polar surface area (TPSA) is 43.8 Å². The van der Waals surface area contributed by atoms with Crippen LogP contribution >= 0.6 is 11.8 Å². The van der Waals surface area contributed by atoms with E-state index in [9.17, 15) is 9.90 Å². The van der Waals surface area contributed by atoms with Gasteiger partial charge in [0.2, 0.25) is 0 Å². The van der Waals surface area contributed by atoms with Gasteiger partial charge in [-0.3, -0.25) is 0 Å². The molecule has 0 aliphatic carbocycles. The molecule has 0 amide bonds. The van der Waals surface area contributed by atoms with Crippen molar-refractivity contribution in [1.29, 1.82) is 0 Å². The van der Waals surface area contributed by atoms with E-state index in [4.69, 9.17) is 0 Å². The zero-order chi connectivity index (χ0) is 13.8. The van der Waals surface area contributed by atoms with E-state index in [2.05, 4.69) is 16.8 Å². The summed E-state index contributed by atoms with van der Waals surface area (Å²) in [6.45, 7) is 3.85. The molecule has 0 spiro atoms. The number of benzene rings is 1. The second-order valence-corrected chi connectivity index (χ2v) is 5.65. The molecule has 5 heteroatoms. The monoisotopic (exact) mass is 280 g/mol. The molecule has 0 atom stereocenters. The van der Waals surface area contributed by atoms with Gasteiger partial charge in [0.05, 0.1) is 11.3 Å². The zero-order valence-corrected chi connectivity index (χ0v) is 12.2. The highest BCUT2D eigenvalue weighted by Gasteiger charge is 2.21. The maximum atomic E-state index is 11.5. The molecule has 0 unspecified atom stereocenters. The standard InChI is InChI=1S/C14H20N2O2S/c1-15-7-4-8-16(10-9-15)11-5-3-6-12(19-2)13(11)14(17)18/h3,5-6H,4,7-10H2,1-2H3,(H,17,18). The first-order chi connectivity index (χ1) is 9.13. The SMILES string of the molecule is CSc1cccc(N2CCCN(C)CC2)c1C(=O)O. The van der Waals surface area contributed by atoms with E-state index in [-0.39, 0.29) is 0 Å². The van der Waals surface area contributed by atoms with Crippen LogP contribution in [0.1, 0.15) is 16.8 Å². The van der Waals surface area contributed by atoms with Gasteiger partial charge in [-0.05, 0) is 38.4 Å².